The summed E-state index contributed by atoms with van der Waals surface area (Å²) in [5.41, 5.74) is 0. The van der Waals surface area contributed by atoms with Crippen LogP contribution in [-0.2, 0) is 14.3 Å². The van der Waals surface area contributed by atoms with E-state index in [0.717, 1.165) is 44.9 Å². The van der Waals surface area contributed by atoms with Crippen molar-refractivity contribution in [3.63, 3.8) is 0 Å². The van der Waals surface area contributed by atoms with Gasteiger partial charge in [0.05, 0.1) is 25.4 Å². The van der Waals surface area contributed by atoms with Gasteiger partial charge in [0, 0.05) is 12.8 Å². The number of hydrogen-bond acceptors (Lipinski definition) is 5. The van der Waals surface area contributed by atoms with Crippen LogP contribution >= 0.6 is 0 Å². The number of esters is 1. The molecule has 1 amide bonds. The monoisotopic (exact) mass is 1060 g/mol. The Kier molecular flexibility index (Phi) is 63.4. The Morgan fingerprint density at radius 3 is 1.01 bits per heavy atom. The van der Waals surface area contributed by atoms with Gasteiger partial charge in [-0.1, -0.05) is 334 Å². The van der Waals surface area contributed by atoms with Crippen molar-refractivity contribution >= 4 is 11.9 Å². The third-order valence-electron chi connectivity index (χ3n) is 16.0. The summed E-state index contributed by atoms with van der Waals surface area (Å²) in [6.07, 6.45) is 80.6. The van der Waals surface area contributed by atoms with Crippen LogP contribution in [0.25, 0.3) is 0 Å². The van der Waals surface area contributed by atoms with E-state index in [1.54, 1.807) is 0 Å². The third-order valence-corrected chi connectivity index (χ3v) is 16.0. The fourth-order valence-corrected chi connectivity index (χ4v) is 10.8. The zero-order chi connectivity index (χ0) is 54.3. The maximum Gasteiger partial charge on any atom is 0.305 e. The van der Waals surface area contributed by atoms with E-state index in [2.05, 4.69) is 43.5 Å². The minimum absolute atomic E-state index is 0.00937. The van der Waals surface area contributed by atoms with Crippen LogP contribution in [0.5, 0.6) is 0 Å². The van der Waals surface area contributed by atoms with Crippen molar-refractivity contribution in [1.29, 1.82) is 0 Å². The van der Waals surface area contributed by atoms with E-state index in [1.807, 2.05) is 0 Å². The molecule has 0 spiro atoms. The van der Waals surface area contributed by atoms with Crippen molar-refractivity contribution in [3.8, 4) is 0 Å². The van der Waals surface area contributed by atoms with Crippen molar-refractivity contribution in [2.24, 2.45) is 0 Å². The summed E-state index contributed by atoms with van der Waals surface area (Å²) in [6, 6.07) is -0.550. The molecule has 0 aliphatic heterocycles. The van der Waals surface area contributed by atoms with Crippen LogP contribution in [0.2, 0.25) is 0 Å². The SMILES string of the molecule is CCCCCCCCCCCCCCCCCCCCCCCCC(O)C(CO)NC(=O)CCCCCCCCC/C=C\C/C=C\CCCCCCCCCCCOC(=O)CCCCCCCCCCCCCCC. The molecular formula is C69H133NO5. The van der Waals surface area contributed by atoms with Gasteiger partial charge in [0.1, 0.15) is 0 Å². The number of amides is 1. The van der Waals surface area contributed by atoms with E-state index in [-0.39, 0.29) is 18.5 Å². The molecule has 75 heavy (non-hydrogen) atoms. The Balaban J connectivity index is 3.44. The van der Waals surface area contributed by atoms with Gasteiger partial charge in [-0.05, 0) is 57.8 Å². The molecule has 6 heteroatoms. The lowest BCUT2D eigenvalue weighted by molar-refractivity contribution is -0.143. The summed E-state index contributed by atoms with van der Waals surface area (Å²) in [4.78, 5) is 24.6. The molecule has 0 aliphatic rings. The Morgan fingerprint density at radius 1 is 0.373 bits per heavy atom. The normalized spacial score (nSPS) is 12.6. The second kappa shape index (κ2) is 64.9. The highest BCUT2D eigenvalue weighted by Crippen LogP contribution is 2.18. The van der Waals surface area contributed by atoms with Crippen molar-refractivity contribution in [3.05, 3.63) is 24.3 Å². The number of carbonyl (C=O) groups is 2. The zero-order valence-electron chi connectivity index (χ0n) is 50.8. The summed E-state index contributed by atoms with van der Waals surface area (Å²) in [5, 5.41) is 23.4. The third kappa shape index (κ3) is 61.4. The summed E-state index contributed by atoms with van der Waals surface area (Å²) in [6.45, 7) is 4.98. The average Bonchev–Trinajstić information content (AvgIpc) is 3.41. The van der Waals surface area contributed by atoms with Crippen LogP contribution in [0.4, 0.5) is 0 Å². The van der Waals surface area contributed by atoms with E-state index in [1.165, 1.54) is 302 Å². The lowest BCUT2D eigenvalue weighted by atomic mass is 10.0. The number of unbranched alkanes of at least 4 members (excludes halogenated alkanes) is 49. The lowest BCUT2D eigenvalue weighted by Gasteiger charge is -2.22. The standard InChI is InChI=1S/C69H133NO5/c1-3-5-7-9-11-13-15-17-18-19-20-21-25-28-31-34-38-41-45-49-53-57-61-67(72)66(65-71)70-68(73)62-58-54-50-46-42-39-35-32-29-26-23-22-24-27-30-33-36-40-44-48-52-56-60-64-75-69(74)63-59-55-51-47-43-37-16-14-12-10-8-6-4-2/h22,24,26,29,66-67,71-72H,3-21,23,25,27-28,30-65H2,1-2H3,(H,70,73)/b24-22-,29-26-. The minimum atomic E-state index is -0.672. The molecule has 444 valence electrons. The van der Waals surface area contributed by atoms with Gasteiger partial charge < -0.3 is 20.3 Å². The molecule has 0 aromatic carbocycles. The molecular weight excluding hydrogens is 923 g/mol. The molecule has 2 unspecified atom stereocenters. The largest absolute Gasteiger partial charge is 0.466 e. The van der Waals surface area contributed by atoms with Crippen LogP contribution in [-0.4, -0.2) is 47.4 Å². The molecule has 2 atom stereocenters. The van der Waals surface area contributed by atoms with E-state index < -0.39 is 12.1 Å². The van der Waals surface area contributed by atoms with Crippen molar-refractivity contribution < 1.29 is 24.5 Å². The van der Waals surface area contributed by atoms with Crippen molar-refractivity contribution in [1.82, 2.24) is 5.32 Å². The fraction of sp³-hybridized carbons (Fsp3) is 0.913. The van der Waals surface area contributed by atoms with Gasteiger partial charge in [-0.15, -0.1) is 0 Å². The minimum Gasteiger partial charge on any atom is -0.466 e. The van der Waals surface area contributed by atoms with Gasteiger partial charge in [0.25, 0.3) is 0 Å². The summed E-state index contributed by atoms with van der Waals surface area (Å²) < 4.78 is 5.48. The molecule has 0 heterocycles. The number of ether oxygens (including phenoxy) is 1. The molecule has 0 fully saturated rings. The first-order valence-electron chi connectivity index (χ1n) is 34.1. The van der Waals surface area contributed by atoms with Crippen molar-refractivity contribution in [2.45, 2.75) is 392 Å². The second-order valence-electron chi connectivity index (χ2n) is 23.5. The first-order valence-corrected chi connectivity index (χ1v) is 34.1. The molecule has 0 aromatic rings. The Bertz CT molecular complexity index is 1170. The maximum absolute atomic E-state index is 12.5. The predicted octanol–water partition coefficient (Wildman–Crippen LogP) is 21.8. The molecule has 0 rings (SSSR count). The van der Waals surface area contributed by atoms with Crippen molar-refractivity contribution in [2.75, 3.05) is 13.2 Å². The van der Waals surface area contributed by atoms with Crippen LogP contribution in [0.1, 0.15) is 380 Å². The number of nitrogens with one attached hydrogen (secondary N) is 1. The number of aliphatic hydroxyl groups excluding tert-OH is 2. The average molecular weight is 1060 g/mol. The van der Waals surface area contributed by atoms with E-state index in [4.69, 9.17) is 4.74 Å². The molecule has 0 radical (unpaired) electrons. The van der Waals surface area contributed by atoms with Crippen LogP contribution in [0, 0.1) is 0 Å². The topological polar surface area (TPSA) is 95.9 Å². The summed E-state index contributed by atoms with van der Waals surface area (Å²) in [5.74, 6) is -0.0319. The maximum atomic E-state index is 12.5. The van der Waals surface area contributed by atoms with E-state index >= 15 is 0 Å². The van der Waals surface area contributed by atoms with Crippen LogP contribution in [0.3, 0.4) is 0 Å². The van der Waals surface area contributed by atoms with Gasteiger partial charge >= 0.3 is 5.97 Å². The van der Waals surface area contributed by atoms with Gasteiger partial charge in [-0.3, -0.25) is 9.59 Å². The molecule has 0 aliphatic carbocycles. The summed E-state index contributed by atoms with van der Waals surface area (Å²) in [7, 11) is 0. The molecule has 0 bridgehead atoms. The van der Waals surface area contributed by atoms with Gasteiger partial charge in [-0.2, -0.15) is 0 Å². The molecule has 6 nitrogen and oxygen atoms in total. The Labute approximate surface area is 469 Å². The molecule has 0 aromatic heterocycles. The van der Waals surface area contributed by atoms with Crippen LogP contribution in [0.15, 0.2) is 24.3 Å². The van der Waals surface area contributed by atoms with Crippen LogP contribution < -0.4 is 5.32 Å². The first-order chi connectivity index (χ1) is 37.0. The van der Waals surface area contributed by atoms with Gasteiger partial charge in [0.15, 0.2) is 0 Å². The highest BCUT2D eigenvalue weighted by atomic mass is 16.5. The van der Waals surface area contributed by atoms with Gasteiger partial charge in [0.2, 0.25) is 5.91 Å². The smallest absolute Gasteiger partial charge is 0.305 e. The second-order valence-corrected chi connectivity index (χ2v) is 23.5. The quantitative estimate of drug-likeness (QED) is 0.0320. The first kappa shape index (κ1) is 73.3. The highest BCUT2D eigenvalue weighted by molar-refractivity contribution is 5.76. The number of carbonyl (C=O) groups excluding carboxylic acids is 2. The van der Waals surface area contributed by atoms with E-state index in [0.29, 0.717) is 25.9 Å². The van der Waals surface area contributed by atoms with Gasteiger partial charge in [-0.25, -0.2) is 0 Å². The predicted molar refractivity (Wildman–Crippen MR) is 329 cm³/mol. The zero-order valence-corrected chi connectivity index (χ0v) is 50.8. The fourth-order valence-electron chi connectivity index (χ4n) is 10.8. The number of hydrogen-bond donors (Lipinski definition) is 3. The molecule has 0 saturated heterocycles. The number of aliphatic hydroxyl groups is 2. The Hall–Kier alpha value is -1.66. The molecule has 3 N–H and O–H groups in total. The number of allylic oxidation sites excluding steroid dienone is 4. The summed E-state index contributed by atoms with van der Waals surface area (Å²) >= 11 is 0. The lowest BCUT2D eigenvalue weighted by Crippen LogP contribution is -2.45. The Morgan fingerprint density at radius 2 is 0.667 bits per heavy atom. The number of rotatable bonds is 64. The highest BCUT2D eigenvalue weighted by Gasteiger charge is 2.20. The molecule has 0 saturated carbocycles. The van der Waals surface area contributed by atoms with E-state index in [9.17, 15) is 19.8 Å².